The van der Waals surface area contributed by atoms with Gasteiger partial charge in [-0.1, -0.05) is 6.07 Å². The van der Waals surface area contributed by atoms with Crippen LogP contribution < -0.4 is 4.90 Å². The Morgan fingerprint density at radius 1 is 1.21 bits per heavy atom. The van der Waals surface area contributed by atoms with Crippen LogP contribution in [-0.2, 0) is 0 Å². The van der Waals surface area contributed by atoms with Crippen LogP contribution in [0.3, 0.4) is 0 Å². The first-order chi connectivity index (χ1) is 13.7. The molecule has 0 aliphatic carbocycles. The van der Waals surface area contributed by atoms with Gasteiger partial charge in [-0.25, -0.2) is 14.5 Å². The highest BCUT2D eigenvalue weighted by molar-refractivity contribution is 7.13. The molecule has 0 radical (unpaired) electrons. The van der Waals surface area contributed by atoms with Gasteiger partial charge >= 0.3 is 0 Å². The number of rotatable bonds is 5. The molecule has 4 aromatic rings. The van der Waals surface area contributed by atoms with Gasteiger partial charge in [-0.2, -0.15) is 5.10 Å². The Bertz CT molecular complexity index is 1150. The first-order valence-electron chi connectivity index (χ1n) is 8.97. The number of carbonyl (C=O) groups excluding carboxylic acids is 1. The maximum atomic E-state index is 11.5. The van der Waals surface area contributed by atoms with Gasteiger partial charge in [0, 0.05) is 37.4 Å². The van der Waals surface area contributed by atoms with Crippen LogP contribution in [0.25, 0.3) is 27.5 Å². The maximum Gasteiger partial charge on any atom is 0.165 e. The molecule has 7 nitrogen and oxygen atoms in total. The quantitative estimate of drug-likeness (QED) is 0.527. The van der Waals surface area contributed by atoms with Crippen molar-refractivity contribution >= 4 is 29.1 Å². The molecule has 0 bridgehead atoms. The molecule has 1 N–H and O–H groups in total. The van der Waals surface area contributed by atoms with Gasteiger partial charge < -0.3 is 10.0 Å². The number of hydrogen-bond donors (Lipinski definition) is 1. The lowest BCUT2D eigenvalue weighted by atomic mass is 10.0. The molecule has 4 aromatic heterocycles. The number of fused-ring (bicyclic) bond motifs is 1. The molecule has 0 spiro atoms. The number of pyridine rings is 1. The van der Waals surface area contributed by atoms with Crippen LogP contribution in [0.15, 0.2) is 48.1 Å². The fourth-order valence-electron chi connectivity index (χ4n) is 3.39. The van der Waals surface area contributed by atoms with Gasteiger partial charge in [0.2, 0.25) is 0 Å². The second-order valence-electron chi connectivity index (χ2n) is 6.83. The van der Waals surface area contributed by atoms with Crippen molar-refractivity contribution in [3.05, 3.63) is 53.7 Å². The number of hydrogen-bond acceptors (Lipinski definition) is 7. The van der Waals surface area contributed by atoms with Crippen LogP contribution >= 0.6 is 11.3 Å². The van der Waals surface area contributed by atoms with Crippen LogP contribution in [0.4, 0.5) is 5.82 Å². The average Bonchev–Trinajstić information content (AvgIpc) is 3.36. The molecule has 0 saturated carbocycles. The summed E-state index contributed by atoms with van der Waals surface area (Å²) in [6, 6.07) is 9.50. The summed E-state index contributed by atoms with van der Waals surface area (Å²) in [5.41, 5.74) is 3.58. The van der Waals surface area contributed by atoms with E-state index < -0.39 is 0 Å². The van der Waals surface area contributed by atoms with Gasteiger partial charge in [0.1, 0.15) is 12.1 Å². The number of aliphatic hydroxyl groups excluding tert-OH is 1. The number of anilines is 1. The molecule has 0 aromatic carbocycles. The van der Waals surface area contributed by atoms with Crippen LogP contribution in [0.1, 0.15) is 10.4 Å². The third-order valence-electron chi connectivity index (χ3n) is 4.93. The number of aliphatic hydroxyl groups is 1. The number of thiophene rings is 1. The van der Waals surface area contributed by atoms with E-state index in [0.717, 1.165) is 41.3 Å². The van der Waals surface area contributed by atoms with Crippen molar-refractivity contribution in [3.63, 3.8) is 0 Å². The minimum atomic E-state index is 0.167. The van der Waals surface area contributed by atoms with Crippen molar-refractivity contribution in [2.45, 2.75) is 0 Å². The molecule has 140 valence electrons. The number of aromatic nitrogens is 4. The summed E-state index contributed by atoms with van der Waals surface area (Å²) in [6.45, 7) is 1.64. The minimum absolute atomic E-state index is 0.167. The molecule has 5 heterocycles. The van der Waals surface area contributed by atoms with E-state index in [9.17, 15) is 9.90 Å². The third-order valence-corrected chi connectivity index (χ3v) is 5.82. The Hall–Kier alpha value is -3.10. The fraction of sp³-hybridized carbons (Fsp3) is 0.200. The molecule has 1 aliphatic heterocycles. The first-order valence-corrected chi connectivity index (χ1v) is 9.85. The molecule has 28 heavy (non-hydrogen) atoms. The SMILES string of the molecule is O=Cc1cc(-c2cnn3ccc(-c4cccs4)nc23)nc(N2CC(CO)C2)c1. The highest BCUT2D eigenvalue weighted by atomic mass is 32.1. The summed E-state index contributed by atoms with van der Waals surface area (Å²) in [5.74, 6) is 0.996. The average molecular weight is 391 g/mol. The second-order valence-corrected chi connectivity index (χ2v) is 7.78. The van der Waals surface area contributed by atoms with E-state index in [1.165, 1.54) is 0 Å². The van der Waals surface area contributed by atoms with Crippen molar-refractivity contribution in [2.75, 3.05) is 24.6 Å². The fourth-order valence-corrected chi connectivity index (χ4v) is 4.08. The van der Waals surface area contributed by atoms with Crippen molar-refractivity contribution < 1.29 is 9.90 Å². The summed E-state index contributed by atoms with van der Waals surface area (Å²) in [7, 11) is 0. The Labute approximate surface area is 164 Å². The summed E-state index contributed by atoms with van der Waals surface area (Å²) in [4.78, 5) is 24.2. The molecular weight excluding hydrogens is 374 g/mol. The normalized spacial score (nSPS) is 14.4. The van der Waals surface area contributed by atoms with E-state index in [-0.39, 0.29) is 12.5 Å². The lowest BCUT2D eigenvalue weighted by molar-refractivity contribution is 0.112. The Kier molecular flexibility index (Phi) is 4.14. The van der Waals surface area contributed by atoms with Crippen LogP contribution in [0, 0.1) is 5.92 Å². The summed E-state index contributed by atoms with van der Waals surface area (Å²) >= 11 is 1.63. The number of nitrogens with zero attached hydrogens (tertiary/aromatic N) is 5. The van der Waals surface area contributed by atoms with Crippen LogP contribution in [0.5, 0.6) is 0 Å². The largest absolute Gasteiger partial charge is 0.396 e. The highest BCUT2D eigenvalue weighted by Crippen LogP contribution is 2.30. The van der Waals surface area contributed by atoms with Gasteiger partial charge in [-0.05, 0) is 29.6 Å². The van der Waals surface area contributed by atoms with E-state index in [4.69, 9.17) is 9.97 Å². The molecule has 1 saturated heterocycles. The lowest BCUT2D eigenvalue weighted by Crippen LogP contribution is -2.48. The van der Waals surface area contributed by atoms with Gasteiger partial charge in [-0.3, -0.25) is 4.79 Å². The van der Waals surface area contributed by atoms with E-state index in [1.54, 1.807) is 34.2 Å². The molecule has 1 aliphatic rings. The summed E-state index contributed by atoms with van der Waals surface area (Å²) in [6.07, 6.45) is 4.44. The number of aldehydes is 1. The predicted molar refractivity (Wildman–Crippen MR) is 108 cm³/mol. The summed E-state index contributed by atoms with van der Waals surface area (Å²) < 4.78 is 1.72. The Morgan fingerprint density at radius 3 is 2.86 bits per heavy atom. The molecule has 0 amide bonds. The Balaban J connectivity index is 1.59. The van der Waals surface area contributed by atoms with Crippen molar-refractivity contribution in [1.82, 2.24) is 19.6 Å². The van der Waals surface area contributed by atoms with Gasteiger partial charge in [0.15, 0.2) is 5.65 Å². The molecule has 5 rings (SSSR count). The van der Waals surface area contributed by atoms with Crippen LogP contribution in [-0.4, -0.2) is 50.7 Å². The molecule has 0 atom stereocenters. The zero-order valence-corrected chi connectivity index (χ0v) is 15.7. The molecular formula is C20H17N5O2S. The van der Waals surface area contributed by atoms with Gasteiger partial charge in [-0.15, -0.1) is 11.3 Å². The monoisotopic (exact) mass is 391 g/mol. The highest BCUT2D eigenvalue weighted by Gasteiger charge is 2.27. The van der Waals surface area contributed by atoms with Crippen molar-refractivity contribution in [2.24, 2.45) is 5.92 Å². The van der Waals surface area contributed by atoms with Crippen molar-refractivity contribution in [3.8, 4) is 21.8 Å². The second kappa shape index (κ2) is 6.81. The first kappa shape index (κ1) is 17.0. The zero-order valence-electron chi connectivity index (χ0n) is 14.9. The van der Waals surface area contributed by atoms with E-state index in [2.05, 4.69) is 10.00 Å². The Morgan fingerprint density at radius 2 is 2.11 bits per heavy atom. The lowest BCUT2D eigenvalue weighted by Gasteiger charge is -2.39. The van der Waals surface area contributed by atoms with Gasteiger partial charge in [0.05, 0.1) is 28.0 Å². The van der Waals surface area contributed by atoms with E-state index in [0.29, 0.717) is 16.9 Å². The van der Waals surface area contributed by atoms with Crippen LogP contribution in [0.2, 0.25) is 0 Å². The maximum absolute atomic E-state index is 11.5. The molecule has 8 heteroatoms. The minimum Gasteiger partial charge on any atom is -0.396 e. The standard InChI is InChI=1S/C20H17N5O2S/c26-11-13-6-17(22-19(7-13)24-9-14(10-24)12-27)15-8-21-25-4-3-16(23-20(15)25)18-2-1-5-28-18/h1-8,11,14,27H,9-10,12H2. The van der Waals surface area contributed by atoms with Crippen molar-refractivity contribution in [1.29, 1.82) is 0 Å². The van der Waals surface area contributed by atoms with E-state index in [1.807, 2.05) is 29.8 Å². The predicted octanol–water partition coefficient (Wildman–Crippen LogP) is 2.76. The molecule has 1 fully saturated rings. The topological polar surface area (TPSA) is 83.6 Å². The zero-order chi connectivity index (χ0) is 19.1. The van der Waals surface area contributed by atoms with Gasteiger partial charge in [0.25, 0.3) is 0 Å². The number of carbonyl (C=O) groups is 1. The van der Waals surface area contributed by atoms with E-state index >= 15 is 0 Å². The molecule has 0 unspecified atom stereocenters. The summed E-state index contributed by atoms with van der Waals surface area (Å²) in [5, 5.41) is 15.7. The third kappa shape index (κ3) is 2.87. The smallest absolute Gasteiger partial charge is 0.165 e.